The number of benzene rings is 2. The molecule has 3 aromatic rings. The molecule has 0 saturated carbocycles. The van der Waals surface area contributed by atoms with E-state index in [1.807, 2.05) is 18.3 Å². The van der Waals surface area contributed by atoms with Crippen molar-refractivity contribution in [1.82, 2.24) is 4.98 Å². The number of hydrogen-bond donors (Lipinski definition) is 0. The van der Waals surface area contributed by atoms with Crippen LogP contribution in [0.3, 0.4) is 0 Å². The van der Waals surface area contributed by atoms with E-state index in [0.717, 1.165) is 5.69 Å². The molecule has 1 nitrogen and oxygen atoms in total. The number of aromatic nitrogens is 1. The SMILES string of the molecule is PC(c1ccccn1)C(c1ccccc1)c1ccccc1. The first kappa shape index (κ1) is 14.0. The van der Waals surface area contributed by atoms with E-state index >= 15 is 0 Å². The Morgan fingerprint density at radius 2 is 1.19 bits per heavy atom. The molecular formula is C19H18NP. The van der Waals surface area contributed by atoms with Crippen LogP contribution in [0.25, 0.3) is 0 Å². The molecule has 0 bridgehead atoms. The first-order chi connectivity index (χ1) is 10.4. The van der Waals surface area contributed by atoms with Crippen LogP contribution in [0.4, 0.5) is 0 Å². The summed E-state index contributed by atoms with van der Waals surface area (Å²) < 4.78 is 0. The Labute approximate surface area is 128 Å². The molecule has 0 saturated heterocycles. The van der Waals surface area contributed by atoms with Crippen molar-refractivity contribution >= 4 is 9.24 Å². The first-order valence-electron chi connectivity index (χ1n) is 7.12. The standard InChI is InChI=1S/C19H18NP/c21-19(17-13-7-8-14-20-17)18(15-9-3-1-4-10-15)16-11-5-2-6-12-16/h1-14,18-19H,21H2. The monoisotopic (exact) mass is 291 g/mol. The summed E-state index contributed by atoms with van der Waals surface area (Å²) in [6.45, 7) is 0. The third kappa shape index (κ3) is 3.20. The second kappa shape index (κ2) is 6.65. The van der Waals surface area contributed by atoms with Gasteiger partial charge in [-0.1, -0.05) is 66.7 Å². The molecule has 0 N–H and O–H groups in total. The molecule has 0 amide bonds. The van der Waals surface area contributed by atoms with Gasteiger partial charge in [-0.05, 0) is 23.3 Å². The number of pyridine rings is 1. The highest BCUT2D eigenvalue weighted by molar-refractivity contribution is 7.17. The van der Waals surface area contributed by atoms with Crippen molar-refractivity contribution in [3.05, 3.63) is 102 Å². The first-order valence-corrected chi connectivity index (χ1v) is 7.79. The van der Waals surface area contributed by atoms with E-state index in [-0.39, 0.29) is 11.6 Å². The molecule has 2 unspecified atom stereocenters. The summed E-state index contributed by atoms with van der Waals surface area (Å²) in [6.07, 6.45) is 1.86. The van der Waals surface area contributed by atoms with Crippen molar-refractivity contribution in [3.8, 4) is 0 Å². The fourth-order valence-electron chi connectivity index (χ4n) is 2.67. The van der Waals surface area contributed by atoms with Gasteiger partial charge >= 0.3 is 0 Å². The van der Waals surface area contributed by atoms with Gasteiger partial charge in [0.15, 0.2) is 0 Å². The zero-order chi connectivity index (χ0) is 14.5. The molecule has 0 radical (unpaired) electrons. The molecule has 0 aliphatic rings. The van der Waals surface area contributed by atoms with E-state index < -0.39 is 0 Å². The predicted molar refractivity (Wildman–Crippen MR) is 91.4 cm³/mol. The van der Waals surface area contributed by atoms with Crippen molar-refractivity contribution in [2.75, 3.05) is 0 Å². The van der Waals surface area contributed by atoms with Crippen molar-refractivity contribution < 1.29 is 0 Å². The van der Waals surface area contributed by atoms with Gasteiger partial charge in [0.05, 0.1) is 0 Å². The smallest absolute Gasteiger partial charge is 0.0481 e. The van der Waals surface area contributed by atoms with Crippen molar-refractivity contribution in [3.63, 3.8) is 0 Å². The normalized spacial score (nSPS) is 12.3. The zero-order valence-corrected chi connectivity index (χ0v) is 12.9. The minimum atomic E-state index is 0.246. The van der Waals surface area contributed by atoms with Crippen molar-refractivity contribution in [2.45, 2.75) is 11.6 Å². The van der Waals surface area contributed by atoms with Crippen LogP contribution < -0.4 is 0 Å². The topological polar surface area (TPSA) is 12.9 Å². The Balaban J connectivity index is 2.05. The van der Waals surface area contributed by atoms with Gasteiger partial charge in [0.2, 0.25) is 0 Å². The van der Waals surface area contributed by atoms with Gasteiger partial charge in [-0.3, -0.25) is 4.98 Å². The van der Waals surface area contributed by atoms with Crippen LogP contribution in [0.5, 0.6) is 0 Å². The molecule has 104 valence electrons. The molecule has 21 heavy (non-hydrogen) atoms. The molecule has 0 fully saturated rings. The van der Waals surface area contributed by atoms with Crippen LogP contribution in [0.2, 0.25) is 0 Å². The molecule has 1 aromatic heterocycles. The summed E-state index contributed by atoms with van der Waals surface area (Å²) in [6, 6.07) is 27.4. The van der Waals surface area contributed by atoms with Crippen LogP contribution in [-0.4, -0.2) is 4.98 Å². The summed E-state index contributed by atoms with van der Waals surface area (Å²) in [7, 11) is 2.97. The molecule has 0 spiro atoms. The molecule has 1 heterocycles. The fraction of sp³-hybridized carbons (Fsp3) is 0.105. The van der Waals surface area contributed by atoms with Crippen LogP contribution >= 0.6 is 9.24 Å². The van der Waals surface area contributed by atoms with Gasteiger partial charge in [-0.25, -0.2) is 0 Å². The number of nitrogens with zero attached hydrogens (tertiary/aromatic N) is 1. The Hall–Kier alpha value is -1.98. The molecule has 2 aromatic carbocycles. The average molecular weight is 291 g/mol. The van der Waals surface area contributed by atoms with E-state index in [0.29, 0.717) is 0 Å². The van der Waals surface area contributed by atoms with Crippen molar-refractivity contribution in [2.24, 2.45) is 0 Å². The Morgan fingerprint density at radius 3 is 1.67 bits per heavy atom. The summed E-state index contributed by atoms with van der Waals surface area (Å²) >= 11 is 0. The summed E-state index contributed by atoms with van der Waals surface area (Å²) in [5, 5.41) is 0. The van der Waals surface area contributed by atoms with Gasteiger partial charge in [-0.15, -0.1) is 9.24 Å². The average Bonchev–Trinajstić information content (AvgIpc) is 2.58. The van der Waals surface area contributed by atoms with Crippen LogP contribution in [0, 0.1) is 0 Å². The lowest BCUT2D eigenvalue weighted by molar-refractivity contribution is 0.764. The highest BCUT2D eigenvalue weighted by atomic mass is 31.0. The highest BCUT2D eigenvalue weighted by Gasteiger charge is 2.23. The molecule has 0 aliphatic carbocycles. The third-order valence-electron chi connectivity index (χ3n) is 3.71. The molecular weight excluding hydrogens is 273 g/mol. The summed E-state index contributed by atoms with van der Waals surface area (Å²) in [4.78, 5) is 4.53. The van der Waals surface area contributed by atoms with Gasteiger partial charge in [0, 0.05) is 23.5 Å². The lowest BCUT2D eigenvalue weighted by Gasteiger charge is -2.24. The van der Waals surface area contributed by atoms with Crippen LogP contribution in [-0.2, 0) is 0 Å². The van der Waals surface area contributed by atoms with E-state index in [1.54, 1.807) is 0 Å². The van der Waals surface area contributed by atoms with Crippen molar-refractivity contribution in [1.29, 1.82) is 0 Å². The van der Waals surface area contributed by atoms with Gasteiger partial charge < -0.3 is 0 Å². The summed E-state index contributed by atoms with van der Waals surface area (Å²) in [5.41, 5.74) is 3.97. The maximum atomic E-state index is 4.53. The van der Waals surface area contributed by atoms with E-state index in [9.17, 15) is 0 Å². The zero-order valence-electron chi connectivity index (χ0n) is 11.8. The predicted octanol–water partition coefficient (Wildman–Crippen LogP) is 4.83. The molecule has 2 heteroatoms. The number of rotatable bonds is 4. The highest BCUT2D eigenvalue weighted by Crippen LogP contribution is 2.41. The Morgan fingerprint density at radius 1 is 0.667 bits per heavy atom. The number of hydrogen-bond acceptors (Lipinski definition) is 1. The maximum Gasteiger partial charge on any atom is 0.0481 e. The molecule has 2 atom stereocenters. The fourth-order valence-corrected chi connectivity index (χ4v) is 3.31. The third-order valence-corrected chi connectivity index (χ3v) is 4.43. The largest absolute Gasteiger partial charge is 0.261 e. The van der Waals surface area contributed by atoms with Crippen LogP contribution in [0.15, 0.2) is 85.1 Å². The van der Waals surface area contributed by atoms with E-state index in [1.165, 1.54) is 11.1 Å². The minimum absolute atomic E-state index is 0.246. The Bertz CT molecular complexity index is 628. The Kier molecular flexibility index (Phi) is 4.43. The lowest BCUT2D eigenvalue weighted by atomic mass is 9.87. The van der Waals surface area contributed by atoms with E-state index in [2.05, 4.69) is 81.0 Å². The molecule has 0 aliphatic heterocycles. The summed E-state index contributed by atoms with van der Waals surface area (Å²) in [5.74, 6) is 0.285. The molecule has 3 rings (SSSR count). The van der Waals surface area contributed by atoms with Gasteiger partial charge in [-0.2, -0.15) is 0 Å². The van der Waals surface area contributed by atoms with Gasteiger partial charge in [0.1, 0.15) is 0 Å². The quantitative estimate of drug-likeness (QED) is 0.627. The minimum Gasteiger partial charge on any atom is -0.261 e. The lowest BCUT2D eigenvalue weighted by Crippen LogP contribution is -2.09. The maximum absolute atomic E-state index is 4.53. The second-order valence-electron chi connectivity index (χ2n) is 5.08. The van der Waals surface area contributed by atoms with Crippen LogP contribution in [0.1, 0.15) is 28.4 Å². The van der Waals surface area contributed by atoms with Gasteiger partial charge in [0.25, 0.3) is 0 Å². The second-order valence-corrected chi connectivity index (χ2v) is 5.80. The van der Waals surface area contributed by atoms with E-state index in [4.69, 9.17) is 0 Å².